The smallest absolute Gasteiger partial charge is 0.252 e. The number of hydrogen-bond donors (Lipinski definition) is 0. The third kappa shape index (κ3) is 4.06. The fourth-order valence-electron chi connectivity index (χ4n) is 2.03. The van der Waals surface area contributed by atoms with E-state index in [-0.39, 0.29) is 6.54 Å². The molecule has 120 valence electrons. The van der Waals surface area contributed by atoms with Gasteiger partial charge in [0.15, 0.2) is 0 Å². The minimum Gasteiger partial charge on any atom is -0.252 e. The molecule has 2 rings (SSSR count). The molecule has 0 saturated heterocycles. The largest absolute Gasteiger partial charge is 0.304 e. The van der Waals surface area contributed by atoms with Gasteiger partial charge in [0.1, 0.15) is 0 Å². The molecule has 0 aliphatic carbocycles. The molecule has 0 saturated carbocycles. The van der Waals surface area contributed by atoms with Crippen LogP contribution in [0.1, 0.15) is 25.5 Å². The van der Waals surface area contributed by atoms with Crippen LogP contribution in [0, 0.1) is 0 Å². The molecule has 5 nitrogen and oxygen atoms in total. The SMILES string of the molecule is CCCCN(C)S(=O)(=O)N(Cc1cscn1)c1ccccc1. The second kappa shape index (κ2) is 7.71. The first kappa shape index (κ1) is 16.9. The standard InChI is InChI=1S/C15H21N3O2S2/c1-3-4-10-17(2)22(19,20)18(11-14-12-21-13-16-14)15-8-6-5-7-9-15/h5-9,12-13H,3-4,10-11H2,1-2H3. The lowest BCUT2D eigenvalue weighted by Gasteiger charge is -2.28. The van der Waals surface area contributed by atoms with Crippen molar-refractivity contribution >= 4 is 27.2 Å². The van der Waals surface area contributed by atoms with Crippen molar-refractivity contribution < 1.29 is 8.42 Å². The topological polar surface area (TPSA) is 53.5 Å². The molecule has 0 N–H and O–H groups in total. The van der Waals surface area contributed by atoms with E-state index in [1.54, 1.807) is 24.7 Å². The zero-order valence-electron chi connectivity index (χ0n) is 12.8. The maximum absolute atomic E-state index is 12.9. The number of thiazole rings is 1. The highest BCUT2D eigenvalue weighted by Gasteiger charge is 2.27. The fourth-order valence-corrected chi connectivity index (χ4v) is 3.96. The van der Waals surface area contributed by atoms with E-state index in [9.17, 15) is 8.42 Å². The van der Waals surface area contributed by atoms with E-state index >= 15 is 0 Å². The maximum atomic E-state index is 12.9. The summed E-state index contributed by atoms with van der Waals surface area (Å²) in [6.45, 7) is 2.80. The summed E-state index contributed by atoms with van der Waals surface area (Å²) in [5.74, 6) is 0. The summed E-state index contributed by atoms with van der Waals surface area (Å²) in [7, 11) is -1.94. The Balaban J connectivity index is 2.31. The third-order valence-electron chi connectivity index (χ3n) is 3.33. The number of para-hydroxylation sites is 1. The van der Waals surface area contributed by atoms with Gasteiger partial charge < -0.3 is 0 Å². The molecule has 0 unspecified atom stereocenters. The molecule has 7 heteroatoms. The Labute approximate surface area is 136 Å². The van der Waals surface area contributed by atoms with Crippen LogP contribution in [0.5, 0.6) is 0 Å². The van der Waals surface area contributed by atoms with E-state index in [4.69, 9.17) is 0 Å². The first-order chi connectivity index (χ1) is 10.6. The molecule has 2 aromatic rings. The van der Waals surface area contributed by atoms with Gasteiger partial charge in [-0.25, -0.2) is 4.98 Å². The fraction of sp³-hybridized carbons (Fsp3) is 0.400. The highest BCUT2D eigenvalue weighted by molar-refractivity contribution is 7.90. The molecule has 0 atom stereocenters. The molecule has 0 aliphatic heterocycles. The van der Waals surface area contributed by atoms with Crippen molar-refractivity contribution in [3.8, 4) is 0 Å². The number of hydrogen-bond acceptors (Lipinski definition) is 4. The summed E-state index contributed by atoms with van der Waals surface area (Å²) in [6, 6.07) is 9.16. The average molecular weight is 339 g/mol. The molecule has 1 aromatic heterocycles. The van der Waals surface area contributed by atoms with E-state index in [0.29, 0.717) is 12.2 Å². The summed E-state index contributed by atoms with van der Waals surface area (Å²) in [6.07, 6.45) is 1.80. The van der Waals surface area contributed by atoms with Crippen LogP contribution in [0.25, 0.3) is 0 Å². The van der Waals surface area contributed by atoms with Crippen LogP contribution >= 0.6 is 11.3 Å². The maximum Gasteiger partial charge on any atom is 0.304 e. The Morgan fingerprint density at radius 2 is 1.95 bits per heavy atom. The second-order valence-corrected chi connectivity index (χ2v) is 7.68. The Morgan fingerprint density at radius 1 is 1.23 bits per heavy atom. The van der Waals surface area contributed by atoms with Crippen LogP contribution in [0.2, 0.25) is 0 Å². The van der Waals surface area contributed by atoms with Crippen molar-refractivity contribution in [2.75, 3.05) is 17.9 Å². The summed E-state index contributed by atoms with van der Waals surface area (Å²) in [5.41, 5.74) is 3.12. The lowest BCUT2D eigenvalue weighted by Crippen LogP contribution is -2.42. The number of benzene rings is 1. The van der Waals surface area contributed by atoms with Gasteiger partial charge in [-0.1, -0.05) is 31.5 Å². The van der Waals surface area contributed by atoms with Gasteiger partial charge in [-0.3, -0.25) is 4.31 Å². The van der Waals surface area contributed by atoms with Crippen molar-refractivity contribution in [2.24, 2.45) is 0 Å². The number of rotatable bonds is 8. The van der Waals surface area contributed by atoms with Gasteiger partial charge in [0, 0.05) is 19.0 Å². The number of anilines is 1. The Hall–Kier alpha value is -1.44. The van der Waals surface area contributed by atoms with Gasteiger partial charge in [-0.15, -0.1) is 11.3 Å². The molecule has 0 aliphatic rings. The minimum absolute atomic E-state index is 0.242. The Morgan fingerprint density at radius 3 is 2.55 bits per heavy atom. The predicted octanol–water partition coefficient (Wildman–Crippen LogP) is 3.13. The van der Waals surface area contributed by atoms with Crippen LogP contribution in [-0.4, -0.2) is 31.3 Å². The molecule has 0 amide bonds. The normalized spacial score (nSPS) is 11.8. The molecule has 0 spiro atoms. The third-order valence-corrected chi connectivity index (χ3v) is 5.83. The van der Waals surface area contributed by atoms with E-state index in [2.05, 4.69) is 4.98 Å². The first-order valence-electron chi connectivity index (χ1n) is 7.21. The summed E-state index contributed by atoms with van der Waals surface area (Å²) in [5, 5.41) is 1.87. The number of aromatic nitrogens is 1. The van der Waals surface area contributed by atoms with Gasteiger partial charge in [0.05, 0.1) is 23.4 Å². The summed E-state index contributed by atoms with van der Waals surface area (Å²) in [4.78, 5) is 4.21. The van der Waals surface area contributed by atoms with E-state index < -0.39 is 10.2 Å². The lowest BCUT2D eigenvalue weighted by molar-refractivity contribution is 0.455. The zero-order valence-corrected chi connectivity index (χ0v) is 14.5. The summed E-state index contributed by atoms with van der Waals surface area (Å²) >= 11 is 1.46. The highest BCUT2D eigenvalue weighted by Crippen LogP contribution is 2.22. The van der Waals surface area contributed by atoms with Crippen molar-refractivity contribution in [3.63, 3.8) is 0 Å². The van der Waals surface area contributed by atoms with E-state index in [1.165, 1.54) is 19.9 Å². The van der Waals surface area contributed by atoms with Crippen molar-refractivity contribution in [1.29, 1.82) is 0 Å². The van der Waals surface area contributed by atoms with Gasteiger partial charge in [0.2, 0.25) is 0 Å². The molecular formula is C15H21N3O2S2. The average Bonchev–Trinajstić information content (AvgIpc) is 3.04. The molecule has 0 fully saturated rings. The first-order valence-corrected chi connectivity index (χ1v) is 9.55. The molecule has 22 heavy (non-hydrogen) atoms. The van der Waals surface area contributed by atoms with Gasteiger partial charge in [-0.2, -0.15) is 12.7 Å². The molecule has 0 bridgehead atoms. The highest BCUT2D eigenvalue weighted by atomic mass is 32.2. The predicted molar refractivity (Wildman–Crippen MR) is 91.2 cm³/mol. The van der Waals surface area contributed by atoms with Crippen LogP contribution < -0.4 is 4.31 Å². The van der Waals surface area contributed by atoms with Crippen LogP contribution in [0.15, 0.2) is 41.2 Å². The van der Waals surface area contributed by atoms with E-state index in [0.717, 1.165) is 18.5 Å². The van der Waals surface area contributed by atoms with Crippen molar-refractivity contribution in [3.05, 3.63) is 46.9 Å². The lowest BCUT2D eigenvalue weighted by atomic mass is 10.3. The Bertz CT molecular complexity index is 657. The quantitative estimate of drug-likeness (QED) is 0.742. The van der Waals surface area contributed by atoms with E-state index in [1.807, 2.05) is 30.5 Å². The van der Waals surface area contributed by atoms with Gasteiger partial charge in [0.25, 0.3) is 0 Å². The molecule has 0 radical (unpaired) electrons. The number of nitrogens with zero attached hydrogens (tertiary/aromatic N) is 3. The van der Waals surface area contributed by atoms with Crippen molar-refractivity contribution in [1.82, 2.24) is 9.29 Å². The molecule has 1 heterocycles. The second-order valence-electron chi connectivity index (χ2n) is 5.00. The van der Waals surface area contributed by atoms with Gasteiger partial charge in [-0.05, 0) is 18.6 Å². The van der Waals surface area contributed by atoms with Crippen LogP contribution in [0.4, 0.5) is 5.69 Å². The Kier molecular flexibility index (Phi) is 5.93. The summed E-state index contributed by atoms with van der Waals surface area (Å²) < 4.78 is 28.6. The van der Waals surface area contributed by atoms with Crippen LogP contribution in [0.3, 0.4) is 0 Å². The number of unbranched alkanes of at least 4 members (excludes halogenated alkanes) is 1. The minimum atomic E-state index is -3.57. The van der Waals surface area contributed by atoms with Crippen molar-refractivity contribution in [2.45, 2.75) is 26.3 Å². The van der Waals surface area contributed by atoms with Gasteiger partial charge >= 0.3 is 10.2 Å². The molecular weight excluding hydrogens is 318 g/mol. The molecule has 1 aromatic carbocycles. The van der Waals surface area contributed by atoms with Crippen LogP contribution in [-0.2, 0) is 16.8 Å². The zero-order chi connectivity index (χ0) is 16.0. The monoisotopic (exact) mass is 339 g/mol.